The fourth-order valence-electron chi connectivity index (χ4n) is 2.81. The molecule has 0 radical (unpaired) electrons. The van der Waals surface area contributed by atoms with Gasteiger partial charge in [-0.25, -0.2) is 4.39 Å². The van der Waals surface area contributed by atoms with E-state index in [0.717, 1.165) is 25.1 Å². The molecule has 1 aromatic carbocycles. The third-order valence-electron chi connectivity index (χ3n) is 4.47. The van der Waals surface area contributed by atoms with Gasteiger partial charge in [0.15, 0.2) is 0 Å². The number of aryl methyl sites for hydroxylation is 1. The lowest BCUT2D eigenvalue weighted by molar-refractivity contribution is 0.0437. The number of ether oxygens (including phenoxy) is 2. The molecule has 1 aromatic rings. The van der Waals surface area contributed by atoms with Gasteiger partial charge in [0.1, 0.15) is 0 Å². The third kappa shape index (κ3) is 7.25. The Bertz CT molecular complexity index is 740. The molecular weight excluding hydrogens is 359 g/mol. The lowest BCUT2D eigenvalue weighted by Crippen LogP contribution is -2.40. The number of nitrogen functional groups attached to an aromatic ring is 1. The smallest absolute Gasteiger partial charge is 0.220 e. The fourth-order valence-corrected chi connectivity index (χ4v) is 2.81. The van der Waals surface area contributed by atoms with Gasteiger partial charge in [0.05, 0.1) is 25.6 Å². The summed E-state index contributed by atoms with van der Waals surface area (Å²) in [6.45, 7) is 4.87. The molecule has 152 valence electrons. The average molecular weight is 388 g/mol. The first kappa shape index (κ1) is 21.8. The zero-order valence-corrected chi connectivity index (χ0v) is 16.3. The van der Waals surface area contributed by atoms with Gasteiger partial charge >= 0.3 is 0 Å². The molecule has 1 aliphatic rings. The number of anilines is 1. The molecule has 0 amide bonds. The van der Waals surface area contributed by atoms with Crippen molar-refractivity contribution in [1.29, 1.82) is 10.8 Å². The summed E-state index contributed by atoms with van der Waals surface area (Å²) in [4.78, 5) is 2.07. The highest BCUT2D eigenvalue weighted by Crippen LogP contribution is 2.17. The molecule has 0 saturated carbocycles. The Labute approximate surface area is 165 Å². The molecule has 0 atom stereocenters. The molecule has 7 heteroatoms. The van der Waals surface area contributed by atoms with Gasteiger partial charge in [-0.2, -0.15) is 0 Å². The number of benzene rings is 1. The predicted octanol–water partition coefficient (Wildman–Crippen LogP) is 3.67. The van der Waals surface area contributed by atoms with Crippen molar-refractivity contribution < 1.29 is 13.9 Å². The molecule has 0 aliphatic carbocycles. The summed E-state index contributed by atoms with van der Waals surface area (Å²) >= 11 is 0. The maximum atomic E-state index is 13.1. The molecule has 6 nitrogen and oxygen atoms in total. The lowest BCUT2D eigenvalue weighted by atomic mass is 10.0. The van der Waals surface area contributed by atoms with E-state index >= 15 is 0 Å². The Morgan fingerprint density at radius 1 is 1.29 bits per heavy atom. The van der Waals surface area contributed by atoms with Crippen molar-refractivity contribution in [2.75, 3.05) is 38.6 Å². The van der Waals surface area contributed by atoms with Crippen molar-refractivity contribution in [3.8, 4) is 0 Å². The van der Waals surface area contributed by atoms with Gasteiger partial charge in [0, 0.05) is 30.8 Å². The molecule has 0 aromatic heterocycles. The molecule has 1 fully saturated rings. The highest BCUT2D eigenvalue weighted by Gasteiger charge is 2.15. The van der Waals surface area contributed by atoms with Crippen molar-refractivity contribution in [3.63, 3.8) is 0 Å². The van der Waals surface area contributed by atoms with Crippen molar-refractivity contribution in [2.24, 2.45) is 0 Å². The zero-order valence-electron chi connectivity index (χ0n) is 16.3. The number of hydrogen-bond acceptors (Lipinski definition) is 6. The van der Waals surface area contributed by atoms with Crippen molar-refractivity contribution in [1.82, 2.24) is 4.90 Å². The first-order valence-electron chi connectivity index (χ1n) is 9.48. The summed E-state index contributed by atoms with van der Waals surface area (Å²) in [7, 11) is 0. The Kier molecular flexibility index (Phi) is 8.84. The highest BCUT2D eigenvalue weighted by atomic mass is 19.1. The van der Waals surface area contributed by atoms with Gasteiger partial charge in [0.25, 0.3) is 0 Å². The SMILES string of the molecule is C/C=C(/F)C/C=C\CCc1cc(C(=N)OC(=N)CN2CCOCC2)ccc1N. The van der Waals surface area contributed by atoms with Crippen molar-refractivity contribution in [2.45, 2.75) is 26.2 Å². The summed E-state index contributed by atoms with van der Waals surface area (Å²) in [6.07, 6.45) is 6.89. The number of nitrogens with one attached hydrogen (secondary N) is 2. The molecule has 0 spiro atoms. The van der Waals surface area contributed by atoms with E-state index in [2.05, 4.69) is 4.90 Å². The summed E-state index contributed by atoms with van der Waals surface area (Å²) in [5.74, 6) is -0.174. The van der Waals surface area contributed by atoms with Crippen LogP contribution in [0.4, 0.5) is 10.1 Å². The van der Waals surface area contributed by atoms with Gasteiger partial charge < -0.3 is 15.2 Å². The number of allylic oxidation sites excluding steroid dienone is 4. The Morgan fingerprint density at radius 2 is 2.04 bits per heavy atom. The summed E-state index contributed by atoms with van der Waals surface area (Å²) in [6, 6.07) is 5.29. The molecule has 2 rings (SSSR count). The van der Waals surface area contributed by atoms with Crippen molar-refractivity contribution in [3.05, 3.63) is 53.4 Å². The van der Waals surface area contributed by atoms with E-state index < -0.39 is 0 Å². The standard InChI is InChI=1S/C21H29FN4O2/c1-2-18(22)7-5-3-4-6-16-14-17(8-9-19(16)23)21(25)28-20(24)15-26-10-12-27-13-11-26/h2-3,5,8-9,14,24-25H,4,6-7,10-13,15,23H2,1H3/b5-3-,18-2+,24-20?,25-21?. The van der Waals surface area contributed by atoms with Crippen LogP contribution >= 0.6 is 0 Å². The minimum Gasteiger partial charge on any atom is -0.424 e. The molecule has 1 aliphatic heterocycles. The van der Waals surface area contributed by atoms with Crippen LogP contribution in [-0.2, 0) is 15.9 Å². The predicted molar refractivity (Wildman–Crippen MR) is 111 cm³/mol. The van der Waals surface area contributed by atoms with E-state index in [1.54, 1.807) is 25.1 Å². The van der Waals surface area contributed by atoms with Crippen LogP contribution in [0.25, 0.3) is 0 Å². The van der Waals surface area contributed by atoms with Crippen LogP contribution in [0, 0.1) is 10.8 Å². The zero-order chi connectivity index (χ0) is 20.4. The highest BCUT2D eigenvalue weighted by molar-refractivity contribution is 6.00. The minimum atomic E-state index is -0.150. The van der Waals surface area contributed by atoms with Crippen LogP contribution in [0.15, 0.2) is 42.3 Å². The van der Waals surface area contributed by atoms with Gasteiger partial charge in [-0.1, -0.05) is 18.2 Å². The van der Waals surface area contributed by atoms with Gasteiger partial charge in [0.2, 0.25) is 11.8 Å². The summed E-state index contributed by atoms with van der Waals surface area (Å²) in [5, 5.41) is 16.1. The number of morpholine rings is 1. The number of rotatable bonds is 8. The molecular formula is C21H29FN4O2. The average Bonchev–Trinajstić information content (AvgIpc) is 2.69. The molecule has 4 N–H and O–H groups in total. The molecule has 28 heavy (non-hydrogen) atoms. The topological polar surface area (TPSA) is 95.4 Å². The maximum Gasteiger partial charge on any atom is 0.220 e. The van der Waals surface area contributed by atoms with Crippen LogP contribution in [-0.4, -0.2) is 49.5 Å². The van der Waals surface area contributed by atoms with Crippen LogP contribution in [0.3, 0.4) is 0 Å². The molecule has 0 bridgehead atoms. The van der Waals surface area contributed by atoms with E-state index in [1.807, 2.05) is 12.1 Å². The fraction of sp³-hybridized carbons (Fsp3) is 0.429. The lowest BCUT2D eigenvalue weighted by Gasteiger charge is -2.26. The molecule has 1 heterocycles. The van der Waals surface area contributed by atoms with Gasteiger partial charge in [-0.3, -0.25) is 15.7 Å². The van der Waals surface area contributed by atoms with Gasteiger partial charge in [-0.05, 0) is 43.5 Å². The minimum absolute atomic E-state index is 0.0409. The molecule has 0 unspecified atom stereocenters. The number of nitrogens with two attached hydrogens (primary N) is 1. The molecule has 1 saturated heterocycles. The van der Waals surface area contributed by atoms with Gasteiger partial charge in [-0.15, -0.1) is 0 Å². The first-order valence-corrected chi connectivity index (χ1v) is 9.48. The van der Waals surface area contributed by atoms with Crippen LogP contribution in [0.2, 0.25) is 0 Å². The number of halogens is 1. The third-order valence-corrected chi connectivity index (χ3v) is 4.47. The monoisotopic (exact) mass is 388 g/mol. The van der Waals surface area contributed by atoms with E-state index in [0.29, 0.717) is 43.9 Å². The number of hydrogen-bond donors (Lipinski definition) is 3. The first-order chi connectivity index (χ1) is 13.5. The van der Waals surface area contributed by atoms with E-state index in [4.69, 9.17) is 26.0 Å². The van der Waals surface area contributed by atoms with Crippen LogP contribution in [0.1, 0.15) is 30.9 Å². The normalized spacial score (nSPS) is 15.7. The Hall–Kier alpha value is -2.51. The largest absolute Gasteiger partial charge is 0.424 e. The van der Waals surface area contributed by atoms with E-state index in [1.165, 1.54) is 6.08 Å². The van der Waals surface area contributed by atoms with Crippen LogP contribution in [0.5, 0.6) is 0 Å². The Balaban J connectivity index is 1.88. The van der Waals surface area contributed by atoms with E-state index in [9.17, 15) is 4.39 Å². The summed E-state index contributed by atoms with van der Waals surface area (Å²) < 4.78 is 23.8. The van der Waals surface area contributed by atoms with E-state index in [-0.39, 0.29) is 17.6 Å². The number of nitrogens with zero attached hydrogens (tertiary/aromatic N) is 1. The Morgan fingerprint density at radius 3 is 2.75 bits per heavy atom. The van der Waals surface area contributed by atoms with Crippen molar-refractivity contribution >= 4 is 17.5 Å². The quantitative estimate of drug-likeness (QED) is 0.274. The second kappa shape index (κ2) is 11.4. The van der Waals surface area contributed by atoms with Crippen LogP contribution < -0.4 is 5.73 Å². The summed E-state index contributed by atoms with van der Waals surface area (Å²) in [5.41, 5.74) is 8.17. The maximum absolute atomic E-state index is 13.1. The second-order valence-corrected chi connectivity index (χ2v) is 6.61. The second-order valence-electron chi connectivity index (χ2n) is 6.61.